The lowest BCUT2D eigenvalue weighted by atomic mass is 10.1. The number of nitriles is 1. The summed E-state index contributed by atoms with van der Waals surface area (Å²) >= 11 is 0. The van der Waals surface area contributed by atoms with Crippen molar-refractivity contribution in [3.8, 4) is 11.8 Å². The molecule has 1 rings (SSSR count). The first-order valence-electron chi connectivity index (χ1n) is 4.26. The SMILES string of the molecule is Cc1cc(/C=C(\C#N)C(N)=O)ccc1O. The highest BCUT2D eigenvalue weighted by atomic mass is 16.3. The van der Waals surface area contributed by atoms with Crippen molar-refractivity contribution >= 4 is 12.0 Å². The Labute approximate surface area is 87.3 Å². The highest BCUT2D eigenvalue weighted by molar-refractivity contribution is 6.00. The number of nitrogens with two attached hydrogens (primary N) is 1. The zero-order valence-electron chi connectivity index (χ0n) is 8.19. The van der Waals surface area contributed by atoms with Gasteiger partial charge in [-0.15, -0.1) is 0 Å². The van der Waals surface area contributed by atoms with Gasteiger partial charge in [0.25, 0.3) is 5.91 Å². The van der Waals surface area contributed by atoms with Gasteiger partial charge < -0.3 is 10.8 Å². The summed E-state index contributed by atoms with van der Waals surface area (Å²) in [5.41, 5.74) is 6.20. The number of hydrogen-bond donors (Lipinski definition) is 2. The zero-order chi connectivity index (χ0) is 11.4. The first-order chi connectivity index (χ1) is 7.04. The van der Waals surface area contributed by atoms with Crippen molar-refractivity contribution in [2.45, 2.75) is 6.92 Å². The molecule has 3 N–H and O–H groups in total. The van der Waals surface area contributed by atoms with Crippen LogP contribution in [0.5, 0.6) is 5.75 Å². The smallest absolute Gasteiger partial charge is 0.259 e. The van der Waals surface area contributed by atoms with E-state index in [1.807, 2.05) is 0 Å². The van der Waals surface area contributed by atoms with E-state index in [1.165, 1.54) is 12.1 Å². The van der Waals surface area contributed by atoms with Gasteiger partial charge in [0.05, 0.1) is 0 Å². The summed E-state index contributed by atoms with van der Waals surface area (Å²) < 4.78 is 0. The fraction of sp³-hybridized carbons (Fsp3) is 0.0909. The number of aromatic hydroxyl groups is 1. The van der Waals surface area contributed by atoms with Gasteiger partial charge in [-0.2, -0.15) is 5.26 Å². The molecule has 1 amide bonds. The van der Waals surface area contributed by atoms with E-state index >= 15 is 0 Å². The quantitative estimate of drug-likeness (QED) is 0.556. The Balaban J connectivity index is 3.14. The van der Waals surface area contributed by atoms with Gasteiger partial charge in [-0.05, 0) is 36.3 Å². The van der Waals surface area contributed by atoms with Crippen LogP contribution in [0.4, 0.5) is 0 Å². The van der Waals surface area contributed by atoms with Crippen molar-refractivity contribution in [3.05, 3.63) is 34.9 Å². The van der Waals surface area contributed by atoms with Crippen LogP contribution in [0.2, 0.25) is 0 Å². The topological polar surface area (TPSA) is 87.1 Å². The third-order valence-corrected chi connectivity index (χ3v) is 1.92. The number of benzene rings is 1. The van der Waals surface area contributed by atoms with Gasteiger partial charge in [0.1, 0.15) is 17.4 Å². The zero-order valence-corrected chi connectivity index (χ0v) is 8.19. The Morgan fingerprint density at radius 3 is 2.73 bits per heavy atom. The average molecular weight is 202 g/mol. The highest BCUT2D eigenvalue weighted by Crippen LogP contribution is 2.18. The van der Waals surface area contributed by atoms with E-state index in [9.17, 15) is 9.90 Å². The summed E-state index contributed by atoms with van der Waals surface area (Å²) in [5.74, 6) is -0.590. The van der Waals surface area contributed by atoms with Gasteiger partial charge in [-0.3, -0.25) is 4.79 Å². The molecule has 15 heavy (non-hydrogen) atoms. The van der Waals surface area contributed by atoms with Crippen LogP contribution < -0.4 is 5.73 Å². The molecule has 0 fully saturated rings. The molecule has 0 unspecified atom stereocenters. The summed E-state index contributed by atoms with van der Waals surface area (Å²) in [6.07, 6.45) is 1.38. The predicted octanol–water partition coefficient (Wildman–Crippen LogP) is 1.09. The number of hydrogen-bond acceptors (Lipinski definition) is 3. The minimum Gasteiger partial charge on any atom is -0.508 e. The van der Waals surface area contributed by atoms with Crippen LogP contribution in [0.1, 0.15) is 11.1 Å². The summed E-state index contributed by atoms with van der Waals surface area (Å²) in [6, 6.07) is 6.47. The first-order valence-corrected chi connectivity index (χ1v) is 4.26. The Morgan fingerprint density at radius 1 is 1.60 bits per heavy atom. The minimum absolute atomic E-state index is 0.111. The first kappa shape index (κ1) is 10.8. The number of rotatable bonds is 2. The molecule has 1 aromatic carbocycles. The number of primary amides is 1. The second-order valence-corrected chi connectivity index (χ2v) is 3.08. The number of amides is 1. The fourth-order valence-corrected chi connectivity index (χ4v) is 1.09. The largest absolute Gasteiger partial charge is 0.508 e. The molecule has 0 atom stereocenters. The lowest BCUT2D eigenvalue weighted by Crippen LogP contribution is -2.12. The lowest BCUT2D eigenvalue weighted by molar-refractivity contribution is -0.114. The molecule has 0 saturated carbocycles. The molecule has 0 heterocycles. The maximum absolute atomic E-state index is 10.8. The Kier molecular flexibility index (Phi) is 3.09. The summed E-state index contributed by atoms with van der Waals surface area (Å²) in [5, 5.41) is 17.9. The van der Waals surface area contributed by atoms with E-state index in [-0.39, 0.29) is 11.3 Å². The van der Waals surface area contributed by atoms with Crippen molar-refractivity contribution < 1.29 is 9.90 Å². The third-order valence-electron chi connectivity index (χ3n) is 1.92. The lowest BCUT2D eigenvalue weighted by Gasteiger charge is -2.00. The number of nitrogens with zero attached hydrogens (tertiary/aromatic N) is 1. The highest BCUT2D eigenvalue weighted by Gasteiger charge is 2.03. The Hall–Kier alpha value is -2.28. The maximum atomic E-state index is 10.8. The van der Waals surface area contributed by atoms with Crippen LogP contribution in [0.15, 0.2) is 23.8 Å². The second kappa shape index (κ2) is 4.29. The molecular formula is C11H10N2O2. The van der Waals surface area contributed by atoms with Crippen LogP contribution in [0.3, 0.4) is 0 Å². The number of carbonyl (C=O) groups excluding carboxylic acids is 1. The standard InChI is InChI=1S/C11H10N2O2/c1-7-4-8(2-3-10(7)14)5-9(6-12)11(13)15/h2-5,14H,1H3,(H2,13,15)/b9-5+. The molecule has 0 aromatic heterocycles. The molecule has 0 aliphatic carbocycles. The number of phenols is 1. The Bertz CT molecular complexity index is 470. The van der Waals surface area contributed by atoms with Gasteiger partial charge in [0.15, 0.2) is 0 Å². The summed E-state index contributed by atoms with van der Waals surface area (Å²) in [7, 11) is 0. The fourth-order valence-electron chi connectivity index (χ4n) is 1.09. The number of aryl methyl sites for hydroxylation is 1. The molecule has 0 saturated heterocycles. The van der Waals surface area contributed by atoms with E-state index in [0.29, 0.717) is 11.1 Å². The maximum Gasteiger partial charge on any atom is 0.259 e. The van der Waals surface area contributed by atoms with Crippen LogP contribution in [0, 0.1) is 18.3 Å². The summed E-state index contributed by atoms with van der Waals surface area (Å²) in [4.78, 5) is 10.8. The molecule has 0 aliphatic rings. The van der Waals surface area contributed by atoms with Crippen LogP contribution in [0.25, 0.3) is 6.08 Å². The summed E-state index contributed by atoms with van der Waals surface area (Å²) in [6.45, 7) is 1.73. The second-order valence-electron chi connectivity index (χ2n) is 3.08. The van der Waals surface area contributed by atoms with E-state index < -0.39 is 5.91 Å². The van der Waals surface area contributed by atoms with Gasteiger partial charge in [0.2, 0.25) is 0 Å². The minimum atomic E-state index is -0.761. The normalized spacial score (nSPS) is 10.8. The third kappa shape index (κ3) is 2.58. The molecule has 1 aromatic rings. The molecule has 0 radical (unpaired) electrons. The van der Waals surface area contributed by atoms with Crippen molar-refractivity contribution in [2.24, 2.45) is 5.73 Å². The molecule has 0 spiro atoms. The molecule has 0 aliphatic heterocycles. The van der Waals surface area contributed by atoms with Crippen LogP contribution >= 0.6 is 0 Å². The van der Waals surface area contributed by atoms with E-state index in [1.54, 1.807) is 25.1 Å². The van der Waals surface area contributed by atoms with Gasteiger partial charge in [0, 0.05) is 0 Å². The van der Waals surface area contributed by atoms with E-state index in [0.717, 1.165) is 0 Å². The molecule has 4 heteroatoms. The molecule has 4 nitrogen and oxygen atoms in total. The van der Waals surface area contributed by atoms with Crippen molar-refractivity contribution in [1.82, 2.24) is 0 Å². The van der Waals surface area contributed by atoms with Crippen LogP contribution in [-0.4, -0.2) is 11.0 Å². The molecule has 76 valence electrons. The Morgan fingerprint density at radius 2 is 2.27 bits per heavy atom. The molecular weight excluding hydrogens is 192 g/mol. The average Bonchev–Trinajstić information content (AvgIpc) is 2.19. The van der Waals surface area contributed by atoms with Gasteiger partial charge in [-0.1, -0.05) is 6.07 Å². The van der Waals surface area contributed by atoms with E-state index in [4.69, 9.17) is 11.0 Å². The van der Waals surface area contributed by atoms with Crippen molar-refractivity contribution in [2.75, 3.05) is 0 Å². The van der Waals surface area contributed by atoms with Gasteiger partial charge in [-0.25, -0.2) is 0 Å². The number of phenolic OH excluding ortho intramolecular Hbond substituents is 1. The van der Waals surface area contributed by atoms with E-state index in [2.05, 4.69) is 0 Å². The number of carbonyl (C=O) groups is 1. The predicted molar refractivity (Wildman–Crippen MR) is 55.6 cm³/mol. The van der Waals surface area contributed by atoms with Crippen LogP contribution in [-0.2, 0) is 4.79 Å². The van der Waals surface area contributed by atoms with Crippen molar-refractivity contribution in [1.29, 1.82) is 5.26 Å². The monoisotopic (exact) mass is 202 g/mol. The molecule has 0 bridgehead atoms. The van der Waals surface area contributed by atoms with Crippen molar-refractivity contribution in [3.63, 3.8) is 0 Å². The van der Waals surface area contributed by atoms with Gasteiger partial charge >= 0.3 is 0 Å².